The molecule has 2 heterocycles. The van der Waals surface area contributed by atoms with Gasteiger partial charge in [-0.05, 0) is 46.8 Å². The van der Waals surface area contributed by atoms with Gasteiger partial charge in [-0.3, -0.25) is 5.10 Å². The highest BCUT2D eigenvalue weighted by atomic mass is 35.5. The van der Waals surface area contributed by atoms with Gasteiger partial charge in [0.15, 0.2) is 5.82 Å². The molecule has 0 amide bonds. The van der Waals surface area contributed by atoms with E-state index in [0.29, 0.717) is 27.7 Å². The molecule has 6 nitrogen and oxygen atoms in total. The van der Waals surface area contributed by atoms with Gasteiger partial charge in [-0.25, -0.2) is 4.39 Å². The standard InChI is InChI=1S/C16H10ClFN6/c17-11-4-6-13(7-5-11)24-16(21-22-23-24)14-9-19-20-15(14)10-2-1-3-12(18)8-10/h1-9H,(H,19,20). The van der Waals surface area contributed by atoms with Crippen molar-refractivity contribution in [2.24, 2.45) is 0 Å². The van der Waals surface area contributed by atoms with E-state index in [0.717, 1.165) is 5.69 Å². The Morgan fingerprint density at radius 3 is 2.71 bits per heavy atom. The van der Waals surface area contributed by atoms with Crippen LogP contribution in [-0.4, -0.2) is 30.4 Å². The summed E-state index contributed by atoms with van der Waals surface area (Å²) in [6, 6.07) is 13.4. The Morgan fingerprint density at radius 2 is 1.92 bits per heavy atom. The summed E-state index contributed by atoms with van der Waals surface area (Å²) in [6.45, 7) is 0. The number of tetrazole rings is 1. The second-order valence-electron chi connectivity index (χ2n) is 5.06. The fraction of sp³-hybridized carbons (Fsp3) is 0. The Bertz CT molecular complexity index is 992. The first-order chi connectivity index (χ1) is 11.7. The Balaban J connectivity index is 1.84. The fourth-order valence-corrected chi connectivity index (χ4v) is 2.56. The Morgan fingerprint density at radius 1 is 1.08 bits per heavy atom. The smallest absolute Gasteiger partial charge is 0.190 e. The monoisotopic (exact) mass is 340 g/mol. The van der Waals surface area contributed by atoms with Gasteiger partial charge < -0.3 is 0 Å². The van der Waals surface area contributed by atoms with E-state index >= 15 is 0 Å². The van der Waals surface area contributed by atoms with E-state index < -0.39 is 0 Å². The van der Waals surface area contributed by atoms with Crippen LogP contribution in [0.2, 0.25) is 5.02 Å². The zero-order chi connectivity index (χ0) is 16.5. The molecule has 4 aromatic rings. The zero-order valence-corrected chi connectivity index (χ0v) is 12.9. The van der Waals surface area contributed by atoms with Crippen molar-refractivity contribution in [1.29, 1.82) is 0 Å². The molecule has 118 valence electrons. The van der Waals surface area contributed by atoms with Crippen LogP contribution in [-0.2, 0) is 0 Å². The number of nitrogens with zero attached hydrogens (tertiary/aromatic N) is 5. The number of H-pyrrole nitrogens is 1. The van der Waals surface area contributed by atoms with Crippen molar-refractivity contribution in [1.82, 2.24) is 30.4 Å². The van der Waals surface area contributed by atoms with Crippen molar-refractivity contribution >= 4 is 11.6 Å². The maximum atomic E-state index is 13.5. The first kappa shape index (κ1) is 14.5. The second-order valence-corrected chi connectivity index (χ2v) is 5.50. The molecule has 2 aromatic heterocycles. The van der Waals surface area contributed by atoms with Crippen molar-refractivity contribution in [2.75, 3.05) is 0 Å². The molecule has 0 aliphatic heterocycles. The summed E-state index contributed by atoms with van der Waals surface area (Å²) in [4.78, 5) is 0. The summed E-state index contributed by atoms with van der Waals surface area (Å²) in [5.41, 5.74) is 2.72. The first-order valence-corrected chi connectivity index (χ1v) is 7.44. The van der Waals surface area contributed by atoms with Crippen LogP contribution >= 0.6 is 11.6 Å². The van der Waals surface area contributed by atoms with Gasteiger partial charge >= 0.3 is 0 Å². The van der Waals surface area contributed by atoms with Gasteiger partial charge in [0.25, 0.3) is 0 Å². The van der Waals surface area contributed by atoms with Gasteiger partial charge in [-0.1, -0.05) is 23.7 Å². The Hall–Kier alpha value is -3.06. The summed E-state index contributed by atoms with van der Waals surface area (Å²) >= 11 is 5.92. The van der Waals surface area contributed by atoms with E-state index in [1.807, 2.05) is 12.1 Å². The molecular formula is C16H10ClFN6. The minimum Gasteiger partial charge on any atom is -0.277 e. The molecule has 0 aliphatic rings. The number of halogens is 2. The lowest BCUT2D eigenvalue weighted by Gasteiger charge is -2.05. The number of nitrogens with one attached hydrogen (secondary N) is 1. The average molecular weight is 341 g/mol. The van der Waals surface area contributed by atoms with Gasteiger partial charge in [0.05, 0.1) is 23.1 Å². The third kappa shape index (κ3) is 2.55. The van der Waals surface area contributed by atoms with E-state index in [9.17, 15) is 4.39 Å². The number of benzene rings is 2. The number of hydrogen-bond donors (Lipinski definition) is 1. The number of hydrogen-bond acceptors (Lipinski definition) is 4. The highest BCUT2D eigenvalue weighted by Gasteiger charge is 2.17. The molecule has 0 saturated heterocycles. The molecule has 2 aromatic carbocycles. The molecule has 0 fully saturated rings. The predicted molar refractivity (Wildman–Crippen MR) is 87.1 cm³/mol. The molecule has 24 heavy (non-hydrogen) atoms. The van der Waals surface area contributed by atoms with Crippen LogP contribution in [0.25, 0.3) is 28.3 Å². The zero-order valence-electron chi connectivity index (χ0n) is 12.2. The van der Waals surface area contributed by atoms with Gasteiger partial charge in [0.2, 0.25) is 0 Å². The quantitative estimate of drug-likeness (QED) is 0.619. The van der Waals surface area contributed by atoms with Crippen molar-refractivity contribution in [3.8, 4) is 28.3 Å². The molecule has 0 unspecified atom stereocenters. The molecule has 0 saturated carbocycles. The maximum Gasteiger partial charge on any atom is 0.190 e. The van der Waals surface area contributed by atoms with E-state index in [1.54, 1.807) is 35.1 Å². The van der Waals surface area contributed by atoms with Gasteiger partial charge in [0.1, 0.15) is 5.82 Å². The lowest BCUT2D eigenvalue weighted by molar-refractivity contribution is 0.628. The number of aromatic amines is 1. The lowest BCUT2D eigenvalue weighted by atomic mass is 10.1. The highest BCUT2D eigenvalue weighted by Crippen LogP contribution is 2.30. The summed E-state index contributed by atoms with van der Waals surface area (Å²) < 4.78 is 15.1. The topological polar surface area (TPSA) is 72.3 Å². The van der Waals surface area contributed by atoms with Crippen LogP contribution in [0.15, 0.2) is 54.7 Å². The molecule has 0 radical (unpaired) electrons. The largest absolute Gasteiger partial charge is 0.277 e. The number of aromatic nitrogens is 6. The van der Waals surface area contributed by atoms with Crippen LogP contribution in [0.4, 0.5) is 4.39 Å². The van der Waals surface area contributed by atoms with Crippen LogP contribution in [0.3, 0.4) is 0 Å². The Kier molecular flexibility index (Phi) is 3.55. The van der Waals surface area contributed by atoms with Crippen molar-refractivity contribution < 1.29 is 4.39 Å². The minimum atomic E-state index is -0.328. The molecule has 1 N–H and O–H groups in total. The van der Waals surface area contributed by atoms with Crippen LogP contribution in [0, 0.1) is 5.82 Å². The van der Waals surface area contributed by atoms with E-state index in [2.05, 4.69) is 25.7 Å². The van der Waals surface area contributed by atoms with Crippen LogP contribution in [0.1, 0.15) is 0 Å². The summed E-state index contributed by atoms with van der Waals surface area (Å²) in [6.07, 6.45) is 1.61. The second kappa shape index (κ2) is 5.86. The highest BCUT2D eigenvalue weighted by molar-refractivity contribution is 6.30. The van der Waals surface area contributed by atoms with Gasteiger partial charge in [0, 0.05) is 10.6 Å². The molecule has 0 aliphatic carbocycles. The van der Waals surface area contributed by atoms with E-state index in [1.165, 1.54) is 12.1 Å². The summed E-state index contributed by atoms with van der Waals surface area (Å²) in [5.74, 6) is 0.163. The van der Waals surface area contributed by atoms with Crippen LogP contribution < -0.4 is 0 Å². The third-order valence-electron chi connectivity index (χ3n) is 3.53. The van der Waals surface area contributed by atoms with E-state index in [-0.39, 0.29) is 5.82 Å². The van der Waals surface area contributed by atoms with Crippen LogP contribution in [0.5, 0.6) is 0 Å². The van der Waals surface area contributed by atoms with Crippen molar-refractivity contribution in [3.63, 3.8) is 0 Å². The molecule has 0 spiro atoms. The lowest BCUT2D eigenvalue weighted by Crippen LogP contribution is -2.00. The summed E-state index contributed by atoms with van der Waals surface area (Å²) in [5, 5.41) is 19.4. The SMILES string of the molecule is Fc1cccc(-c2[nH]ncc2-c2nnnn2-c2ccc(Cl)cc2)c1. The van der Waals surface area contributed by atoms with E-state index in [4.69, 9.17) is 11.6 Å². The van der Waals surface area contributed by atoms with Gasteiger partial charge in [-0.2, -0.15) is 9.78 Å². The Labute approximate surface area is 140 Å². The first-order valence-electron chi connectivity index (χ1n) is 7.06. The molecule has 8 heteroatoms. The van der Waals surface area contributed by atoms with Gasteiger partial charge in [-0.15, -0.1) is 5.10 Å². The molecule has 0 atom stereocenters. The molecule has 4 rings (SSSR count). The normalized spacial score (nSPS) is 10.9. The van der Waals surface area contributed by atoms with Crippen molar-refractivity contribution in [3.05, 3.63) is 65.6 Å². The summed E-state index contributed by atoms with van der Waals surface area (Å²) in [7, 11) is 0. The maximum absolute atomic E-state index is 13.5. The minimum absolute atomic E-state index is 0.328. The molecule has 0 bridgehead atoms. The predicted octanol–water partition coefficient (Wildman–Crippen LogP) is 3.51. The number of rotatable bonds is 3. The van der Waals surface area contributed by atoms with Crippen molar-refractivity contribution in [2.45, 2.75) is 0 Å². The fourth-order valence-electron chi connectivity index (χ4n) is 2.43. The molecular weight excluding hydrogens is 331 g/mol. The third-order valence-corrected chi connectivity index (χ3v) is 3.79. The average Bonchev–Trinajstić information content (AvgIpc) is 3.24.